The van der Waals surface area contributed by atoms with Gasteiger partial charge in [-0.3, -0.25) is 14.5 Å². The Morgan fingerprint density at radius 3 is 2.48 bits per heavy atom. The van der Waals surface area contributed by atoms with Crippen molar-refractivity contribution in [3.8, 4) is 0 Å². The van der Waals surface area contributed by atoms with E-state index in [9.17, 15) is 14.7 Å². The Kier molecular flexibility index (Phi) is 6.33. The van der Waals surface area contributed by atoms with Crippen LogP contribution < -0.4 is 4.90 Å². The van der Waals surface area contributed by atoms with Gasteiger partial charge in [-0.05, 0) is 56.2 Å². The Morgan fingerprint density at radius 2 is 1.83 bits per heavy atom. The van der Waals surface area contributed by atoms with Gasteiger partial charge >= 0.3 is 5.97 Å². The number of piperidine rings is 1. The zero-order chi connectivity index (χ0) is 20.2. The van der Waals surface area contributed by atoms with Gasteiger partial charge in [-0.2, -0.15) is 0 Å². The first kappa shape index (κ1) is 20.1. The fraction of sp³-hybridized carbons (Fsp3) is 0.682. The second-order valence-corrected chi connectivity index (χ2v) is 8.77. The van der Waals surface area contributed by atoms with Crippen LogP contribution in [0.25, 0.3) is 0 Å². The minimum atomic E-state index is -0.717. The Morgan fingerprint density at radius 1 is 1.03 bits per heavy atom. The average Bonchev–Trinajstić information content (AvgIpc) is 3.58. The molecule has 3 fully saturated rings. The number of aromatic nitrogens is 1. The number of carbonyl (C=O) groups is 2. The Balaban J connectivity index is 1.28. The molecule has 2 atom stereocenters. The maximum Gasteiger partial charge on any atom is 0.303 e. The van der Waals surface area contributed by atoms with Gasteiger partial charge in [-0.25, -0.2) is 4.98 Å². The van der Waals surface area contributed by atoms with E-state index in [1.807, 2.05) is 23.2 Å². The summed E-state index contributed by atoms with van der Waals surface area (Å²) in [5.41, 5.74) is 0. The number of hydrogen-bond acceptors (Lipinski definition) is 5. The summed E-state index contributed by atoms with van der Waals surface area (Å²) >= 11 is 0. The number of hydrogen-bond donors (Lipinski definition) is 1. The van der Waals surface area contributed by atoms with Crippen LogP contribution in [0.2, 0.25) is 0 Å². The lowest BCUT2D eigenvalue weighted by atomic mass is 9.81. The molecule has 0 aromatic carbocycles. The van der Waals surface area contributed by atoms with Crippen LogP contribution in [0.15, 0.2) is 24.4 Å². The van der Waals surface area contributed by atoms with Crippen LogP contribution in [-0.4, -0.2) is 77.6 Å². The molecular formula is C22H32N4O3. The summed E-state index contributed by atoms with van der Waals surface area (Å²) in [7, 11) is 0. The zero-order valence-electron chi connectivity index (χ0n) is 17.1. The predicted octanol–water partition coefficient (Wildman–Crippen LogP) is 1.94. The lowest BCUT2D eigenvalue weighted by Gasteiger charge is -2.40. The number of likely N-dealkylation sites (tertiary alicyclic amines) is 1. The molecule has 0 radical (unpaired) electrons. The normalized spacial score (nSPS) is 25.8. The third-order valence-corrected chi connectivity index (χ3v) is 6.73. The maximum atomic E-state index is 12.5. The Labute approximate surface area is 172 Å². The quantitative estimate of drug-likeness (QED) is 0.754. The molecule has 0 bridgehead atoms. The van der Waals surface area contributed by atoms with E-state index in [-0.39, 0.29) is 24.2 Å². The largest absolute Gasteiger partial charge is 0.481 e. The molecule has 1 N–H and O–H groups in total. The van der Waals surface area contributed by atoms with Gasteiger partial charge in [-0.1, -0.05) is 6.07 Å². The molecule has 1 aromatic heterocycles. The van der Waals surface area contributed by atoms with Crippen LogP contribution in [0.5, 0.6) is 0 Å². The SMILES string of the molecule is O=C(O)CC1CCN(C(=O)C2CC2)CC1CCN1CCN(c2ccccn2)CC1. The minimum Gasteiger partial charge on any atom is -0.481 e. The molecule has 1 amide bonds. The van der Waals surface area contributed by atoms with Gasteiger partial charge in [0.2, 0.25) is 5.91 Å². The summed E-state index contributed by atoms with van der Waals surface area (Å²) in [5.74, 6) is 1.34. The highest BCUT2D eigenvalue weighted by Crippen LogP contribution is 2.35. The van der Waals surface area contributed by atoms with Gasteiger partial charge in [0.1, 0.15) is 5.82 Å². The van der Waals surface area contributed by atoms with E-state index in [1.54, 1.807) is 0 Å². The van der Waals surface area contributed by atoms with Crippen LogP contribution >= 0.6 is 0 Å². The highest BCUT2D eigenvalue weighted by molar-refractivity contribution is 5.81. The average molecular weight is 401 g/mol. The standard InChI is InChI=1S/C22H32N4O3/c27-21(28)15-18-7-10-26(22(29)17-4-5-17)16-19(18)6-9-24-11-13-25(14-12-24)20-3-1-2-8-23-20/h1-3,8,17-19H,4-7,9-16H2,(H,27,28). The van der Waals surface area contributed by atoms with E-state index < -0.39 is 5.97 Å². The van der Waals surface area contributed by atoms with E-state index in [1.165, 1.54) is 0 Å². The van der Waals surface area contributed by atoms with Crippen molar-refractivity contribution < 1.29 is 14.7 Å². The lowest BCUT2D eigenvalue weighted by molar-refractivity contribution is -0.140. The van der Waals surface area contributed by atoms with Gasteiger partial charge in [0.15, 0.2) is 0 Å². The molecule has 29 heavy (non-hydrogen) atoms. The monoisotopic (exact) mass is 400 g/mol. The van der Waals surface area contributed by atoms with Gasteiger partial charge in [0, 0.05) is 57.8 Å². The van der Waals surface area contributed by atoms with Gasteiger partial charge < -0.3 is 14.9 Å². The first-order valence-corrected chi connectivity index (χ1v) is 11.0. The van der Waals surface area contributed by atoms with E-state index >= 15 is 0 Å². The highest BCUT2D eigenvalue weighted by Gasteiger charge is 2.38. The van der Waals surface area contributed by atoms with Gasteiger partial charge in [0.05, 0.1) is 0 Å². The highest BCUT2D eigenvalue weighted by atomic mass is 16.4. The molecule has 0 spiro atoms. The number of aliphatic carboxylic acids is 1. The van der Waals surface area contributed by atoms with Crippen molar-refractivity contribution in [2.75, 3.05) is 50.7 Å². The van der Waals surface area contributed by atoms with Gasteiger partial charge in [-0.15, -0.1) is 0 Å². The Bertz CT molecular complexity index is 701. The summed E-state index contributed by atoms with van der Waals surface area (Å²) in [4.78, 5) is 35.1. The van der Waals surface area contributed by atoms with Crippen molar-refractivity contribution in [2.45, 2.75) is 32.1 Å². The molecule has 1 aliphatic carbocycles. The second kappa shape index (κ2) is 9.11. The molecule has 2 saturated heterocycles. The van der Waals surface area contributed by atoms with E-state index in [2.05, 4.69) is 20.9 Å². The fourth-order valence-corrected chi connectivity index (χ4v) is 4.78. The lowest BCUT2D eigenvalue weighted by Crippen LogP contribution is -2.49. The number of carbonyl (C=O) groups excluding carboxylic acids is 1. The van der Waals surface area contributed by atoms with Crippen molar-refractivity contribution in [3.05, 3.63) is 24.4 Å². The number of amides is 1. The number of pyridine rings is 1. The van der Waals surface area contributed by atoms with Crippen LogP contribution in [0.4, 0.5) is 5.82 Å². The first-order valence-electron chi connectivity index (χ1n) is 11.0. The minimum absolute atomic E-state index is 0.186. The molecular weight excluding hydrogens is 368 g/mol. The molecule has 4 rings (SSSR count). The van der Waals surface area contributed by atoms with Crippen molar-refractivity contribution >= 4 is 17.7 Å². The van der Waals surface area contributed by atoms with Crippen LogP contribution in [-0.2, 0) is 9.59 Å². The van der Waals surface area contributed by atoms with Gasteiger partial charge in [0.25, 0.3) is 0 Å². The third-order valence-electron chi connectivity index (χ3n) is 6.73. The molecule has 3 aliphatic rings. The number of carboxylic acid groups (broad SMARTS) is 1. The molecule has 7 heteroatoms. The topological polar surface area (TPSA) is 77.0 Å². The number of piperazine rings is 1. The van der Waals surface area contributed by atoms with Crippen LogP contribution in [0, 0.1) is 17.8 Å². The van der Waals surface area contributed by atoms with Crippen molar-refractivity contribution in [1.29, 1.82) is 0 Å². The number of nitrogens with zero attached hydrogens (tertiary/aromatic N) is 4. The van der Waals surface area contributed by atoms with Crippen LogP contribution in [0.1, 0.15) is 32.1 Å². The van der Waals surface area contributed by atoms with Crippen molar-refractivity contribution in [3.63, 3.8) is 0 Å². The molecule has 1 aromatic rings. The molecule has 3 heterocycles. The molecule has 158 valence electrons. The van der Waals surface area contributed by atoms with E-state index in [0.29, 0.717) is 5.91 Å². The summed E-state index contributed by atoms with van der Waals surface area (Å²) < 4.78 is 0. The summed E-state index contributed by atoms with van der Waals surface area (Å²) in [6.45, 7) is 6.37. The number of rotatable bonds is 7. The number of carboxylic acids is 1. The molecule has 1 saturated carbocycles. The summed E-state index contributed by atoms with van der Waals surface area (Å²) in [5, 5.41) is 9.31. The molecule has 7 nitrogen and oxygen atoms in total. The fourth-order valence-electron chi connectivity index (χ4n) is 4.78. The smallest absolute Gasteiger partial charge is 0.303 e. The number of anilines is 1. The van der Waals surface area contributed by atoms with Crippen LogP contribution in [0.3, 0.4) is 0 Å². The summed E-state index contributed by atoms with van der Waals surface area (Å²) in [6, 6.07) is 6.02. The van der Waals surface area contributed by atoms with E-state index in [4.69, 9.17) is 0 Å². The Hall–Kier alpha value is -2.15. The second-order valence-electron chi connectivity index (χ2n) is 8.77. The maximum absolute atomic E-state index is 12.5. The third kappa shape index (κ3) is 5.26. The van der Waals surface area contributed by atoms with Crippen molar-refractivity contribution in [2.24, 2.45) is 17.8 Å². The predicted molar refractivity (Wildman–Crippen MR) is 111 cm³/mol. The summed E-state index contributed by atoms with van der Waals surface area (Å²) in [6.07, 6.45) is 5.91. The zero-order valence-corrected chi connectivity index (χ0v) is 17.1. The molecule has 2 unspecified atom stereocenters. The molecule has 2 aliphatic heterocycles. The van der Waals surface area contributed by atoms with Crippen molar-refractivity contribution in [1.82, 2.24) is 14.8 Å². The van der Waals surface area contributed by atoms with E-state index in [0.717, 1.165) is 77.3 Å². The first-order chi connectivity index (χ1) is 14.1.